The zero-order chi connectivity index (χ0) is 10.2. The molecule has 3 heteroatoms. The number of benzene rings is 1. The van der Waals surface area contributed by atoms with Crippen molar-refractivity contribution < 1.29 is 5.11 Å². The van der Waals surface area contributed by atoms with Crippen molar-refractivity contribution in [2.24, 2.45) is 0 Å². The first kappa shape index (κ1) is 13.1. The van der Waals surface area contributed by atoms with E-state index < -0.39 is 0 Å². The van der Waals surface area contributed by atoms with E-state index in [-0.39, 0.29) is 17.8 Å². The molecule has 0 unspecified atom stereocenters. The summed E-state index contributed by atoms with van der Waals surface area (Å²) in [5.74, 6) is 0.333. The molecule has 0 aromatic heterocycles. The Kier molecular flexibility index (Phi) is 3.83. The molecule has 1 aromatic carbocycles. The number of phenols is 1. The van der Waals surface area contributed by atoms with Gasteiger partial charge in [0, 0.05) is 11.3 Å². The molecule has 0 atom stereocenters. The molecule has 1 aromatic rings. The summed E-state index contributed by atoms with van der Waals surface area (Å²) in [5, 5.41) is 9.70. The van der Waals surface area contributed by atoms with Crippen LogP contribution in [0.25, 0.3) is 0 Å². The number of anilines is 1. The highest BCUT2D eigenvalue weighted by molar-refractivity contribution is 5.85. The molecular weight excluding hydrogens is 198 g/mol. The predicted octanol–water partition coefficient (Wildman–Crippen LogP) is 3.00. The molecule has 0 fully saturated rings. The summed E-state index contributed by atoms with van der Waals surface area (Å²) < 4.78 is 0. The van der Waals surface area contributed by atoms with Crippen molar-refractivity contribution in [1.29, 1.82) is 0 Å². The second kappa shape index (κ2) is 4.09. The topological polar surface area (TPSA) is 46.2 Å². The highest BCUT2D eigenvalue weighted by atomic mass is 35.5. The third-order valence-electron chi connectivity index (χ3n) is 2.19. The summed E-state index contributed by atoms with van der Waals surface area (Å²) in [4.78, 5) is 0. The minimum atomic E-state index is -0.0636. The first-order valence-electron chi connectivity index (χ1n) is 4.42. The monoisotopic (exact) mass is 215 g/mol. The van der Waals surface area contributed by atoms with E-state index >= 15 is 0 Å². The van der Waals surface area contributed by atoms with E-state index in [2.05, 4.69) is 20.8 Å². The molecule has 80 valence electrons. The number of halogens is 1. The fraction of sp³-hybridized carbons (Fsp3) is 0.455. The summed E-state index contributed by atoms with van der Waals surface area (Å²) >= 11 is 0. The van der Waals surface area contributed by atoms with Gasteiger partial charge in [-0.05, 0) is 30.0 Å². The van der Waals surface area contributed by atoms with Crippen molar-refractivity contribution in [2.45, 2.75) is 33.1 Å². The molecule has 0 heterocycles. The Morgan fingerprint density at radius 1 is 1.21 bits per heavy atom. The van der Waals surface area contributed by atoms with Gasteiger partial charge in [0.05, 0.1) is 0 Å². The summed E-state index contributed by atoms with van der Waals surface area (Å²) in [7, 11) is 0. The lowest BCUT2D eigenvalue weighted by atomic mass is 9.85. The third kappa shape index (κ3) is 2.55. The standard InChI is InChI=1S/C11H17NO.ClH/c1-7-5-10(13)8(6-9(7)12)11(2,3)4;/h5-6,13H,12H2,1-4H3;1H. The Labute approximate surface area is 91.5 Å². The molecule has 0 saturated carbocycles. The van der Waals surface area contributed by atoms with Crippen LogP contribution in [0.4, 0.5) is 5.69 Å². The number of hydrogen-bond donors (Lipinski definition) is 2. The lowest BCUT2D eigenvalue weighted by Crippen LogP contribution is -2.12. The van der Waals surface area contributed by atoms with Crippen LogP contribution >= 0.6 is 12.4 Å². The number of hydrogen-bond acceptors (Lipinski definition) is 2. The van der Waals surface area contributed by atoms with E-state index in [9.17, 15) is 5.11 Å². The Hall–Kier alpha value is -0.890. The van der Waals surface area contributed by atoms with Gasteiger partial charge in [-0.15, -0.1) is 12.4 Å². The number of aryl methyl sites for hydroxylation is 1. The van der Waals surface area contributed by atoms with Gasteiger partial charge in [-0.25, -0.2) is 0 Å². The molecule has 0 aliphatic rings. The van der Waals surface area contributed by atoms with Gasteiger partial charge in [-0.2, -0.15) is 0 Å². The summed E-state index contributed by atoms with van der Waals surface area (Å²) in [6.45, 7) is 8.05. The molecule has 0 amide bonds. The molecule has 0 aliphatic heterocycles. The molecule has 0 saturated heterocycles. The molecule has 1 rings (SSSR count). The van der Waals surface area contributed by atoms with Gasteiger partial charge in [0.2, 0.25) is 0 Å². The second-order valence-electron chi connectivity index (χ2n) is 4.48. The van der Waals surface area contributed by atoms with Crippen LogP contribution in [0.5, 0.6) is 5.75 Å². The van der Waals surface area contributed by atoms with Gasteiger partial charge < -0.3 is 10.8 Å². The fourth-order valence-corrected chi connectivity index (χ4v) is 1.31. The molecule has 14 heavy (non-hydrogen) atoms. The second-order valence-corrected chi connectivity index (χ2v) is 4.48. The maximum absolute atomic E-state index is 9.70. The number of rotatable bonds is 0. The van der Waals surface area contributed by atoms with Gasteiger partial charge in [0.25, 0.3) is 0 Å². The quantitative estimate of drug-likeness (QED) is 0.516. The highest BCUT2D eigenvalue weighted by Crippen LogP contribution is 2.33. The number of nitrogens with two attached hydrogens (primary N) is 1. The SMILES string of the molecule is Cc1cc(O)c(C(C)(C)C)cc1N.Cl. The van der Waals surface area contributed by atoms with E-state index in [1.54, 1.807) is 6.07 Å². The van der Waals surface area contributed by atoms with Crippen LogP contribution in [-0.4, -0.2) is 5.11 Å². The van der Waals surface area contributed by atoms with Crippen molar-refractivity contribution in [1.82, 2.24) is 0 Å². The van der Waals surface area contributed by atoms with Crippen LogP contribution in [0.3, 0.4) is 0 Å². The van der Waals surface area contributed by atoms with Gasteiger partial charge in [0.1, 0.15) is 5.75 Å². The predicted molar refractivity (Wildman–Crippen MR) is 63.2 cm³/mol. The Bertz CT molecular complexity index is 329. The van der Waals surface area contributed by atoms with Gasteiger partial charge >= 0.3 is 0 Å². The maximum atomic E-state index is 9.70. The lowest BCUT2D eigenvalue weighted by Gasteiger charge is -2.21. The van der Waals surface area contributed by atoms with E-state index in [4.69, 9.17) is 5.73 Å². The molecule has 2 nitrogen and oxygen atoms in total. The van der Waals surface area contributed by atoms with Crippen LogP contribution in [0, 0.1) is 6.92 Å². The molecule has 0 bridgehead atoms. The maximum Gasteiger partial charge on any atom is 0.119 e. The number of phenolic OH excluding ortho intramolecular Hbond substituents is 1. The largest absolute Gasteiger partial charge is 0.508 e. The first-order valence-corrected chi connectivity index (χ1v) is 4.42. The van der Waals surface area contributed by atoms with Crippen LogP contribution in [0.15, 0.2) is 12.1 Å². The smallest absolute Gasteiger partial charge is 0.119 e. The van der Waals surface area contributed by atoms with Crippen LogP contribution in [0.1, 0.15) is 31.9 Å². The number of nitrogen functional groups attached to an aromatic ring is 1. The molecule has 0 aliphatic carbocycles. The normalized spacial score (nSPS) is 10.9. The number of aromatic hydroxyl groups is 1. The van der Waals surface area contributed by atoms with Crippen molar-refractivity contribution in [2.75, 3.05) is 5.73 Å². The highest BCUT2D eigenvalue weighted by Gasteiger charge is 2.18. The van der Waals surface area contributed by atoms with E-state index in [1.165, 1.54) is 0 Å². The zero-order valence-electron chi connectivity index (χ0n) is 9.09. The average molecular weight is 216 g/mol. The van der Waals surface area contributed by atoms with Crippen LogP contribution in [-0.2, 0) is 5.41 Å². The minimum Gasteiger partial charge on any atom is -0.508 e. The summed E-state index contributed by atoms with van der Waals surface area (Å²) in [6.07, 6.45) is 0. The minimum absolute atomic E-state index is 0. The van der Waals surface area contributed by atoms with E-state index in [0.29, 0.717) is 5.75 Å². The van der Waals surface area contributed by atoms with Crippen LogP contribution < -0.4 is 5.73 Å². The summed E-state index contributed by atoms with van der Waals surface area (Å²) in [6, 6.07) is 3.57. The van der Waals surface area contributed by atoms with Crippen molar-refractivity contribution in [3.63, 3.8) is 0 Å². The Balaban J connectivity index is 0.00000169. The molecule has 3 N–H and O–H groups in total. The Morgan fingerprint density at radius 3 is 2.14 bits per heavy atom. The van der Waals surface area contributed by atoms with E-state index in [1.807, 2.05) is 13.0 Å². The average Bonchev–Trinajstić information content (AvgIpc) is 1.94. The molecule has 0 radical (unpaired) electrons. The fourth-order valence-electron chi connectivity index (χ4n) is 1.31. The van der Waals surface area contributed by atoms with Crippen molar-refractivity contribution >= 4 is 18.1 Å². The van der Waals surface area contributed by atoms with Gasteiger partial charge in [-0.3, -0.25) is 0 Å². The summed E-state index contributed by atoms with van der Waals surface area (Å²) in [5.41, 5.74) is 8.27. The van der Waals surface area contributed by atoms with Crippen molar-refractivity contribution in [3.05, 3.63) is 23.3 Å². The lowest BCUT2D eigenvalue weighted by molar-refractivity contribution is 0.446. The zero-order valence-corrected chi connectivity index (χ0v) is 9.90. The van der Waals surface area contributed by atoms with Gasteiger partial charge in [-0.1, -0.05) is 20.8 Å². The Morgan fingerprint density at radius 2 is 1.71 bits per heavy atom. The molecular formula is C11H18ClNO. The van der Waals surface area contributed by atoms with E-state index in [0.717, 1.165) is 16.8 Å². The van der Waals surface area contributed by atoms with Crippen molar-refractivity contribution in [3.8, 4) is 5.75 Å². The first-order chi connectivity index (χ1) is 5.82. The third-order valence-corrected chi connectivity index (χ3v) is 2.19. The molecule has 0 spiro atoms. The van der Waals surface area contributed by atoms with Gasteiger partial charge in [0.15, 0.2) is 0 Å². The van der Waals surface area contributed by atoms with Crippen LogP contribution in [0.2, 0.25) is 0 Å².